The van der Waals surface area contributed by atoms with Gasteiger partial charge >= 0.3 is 5.97 Å². The Morgan fingerprint density at radius 3 is 2.44 bits per heavy atom. The largest absolute Gasteiger partial charge is 0.478 e. The maximum Gasteiger partial charge on any atom is 0.335 e. The highest BCUT2D eigenvalue weighted by molar-refractivity contribution is 6.14. The Morgan fingerprint density at radius 1 is 1.19 bits per heavy atom. The zero-order chi connectivity index (χ0) is 19.4. The van der Waals surface area contributed by atoms with E-state index in [0.717, 1.165) is 30.8 Å². The quantitative estimate of drug-likeness (QED) is 0.772. The second kappa shape index (κ2) is 8.18. The highest BCUT2D eigenvalue weighted by Crippen LogP contribution is 2.23. The predicted octanol–water partition coefficient (Wildman–Crippen LogP) is 3.31. The number of likely N-dealkylation sites (tertiary alicyclic amines) is 1. The molecular weight excluding hydrogens is 340 g/mol. The van der Waals surface area contributed by atoms with Crippen molar-refractivity contribution in [3.63, 3.8) is 0 Å². The monoisotopic (exact) mass is 364 g/mol. The van der Waals surface area contributed by atoms with Gasteiger partial charge in [0.25, 0.3) is 5.56 Å². The Labute approximate surface area is 158 Å². The average Bonchev–Trinajstić information content (AvgIpc) is 3.16. The first-order valence-electron chi connectivity index (χ1n) is 9.11. The Hall–Kier alpha value is -2.92. The lowest BCUT2D eigenvalue weighted by atomic mass is 9.99. The SMILES string of the molecule is C=C(C(=O)O)c1ccc(C(=CCN2CCCC2)c2ccc(C)cc2)[nH]c1=O. The molecule has 2 heterocycles. The number of hydrogen-bond donors (Lipinski definition) is 2. The number of carboxylic acid groups (broad SMARTS) is 1. The Morgan fingerprint density at radius 2 is 1.85 bits per heavy atom. The van der Waals surface area contributed by atoms with Crippen LogP contribution in [0.2, 0.25) is 0 Å². The molecule has 2 N–H and O–H groups in total. The molecule has 5 nitrogen and oxygen atoms in total. The number of nitrogens with zero attached hydrogens (tertiary/aromatic N) is 1. The number of aliphatic carboxylic acids is 1. The van der Waals surface area contributed by atoms with E-state index >= 15 is 0 Å². The van der Waals surface area contributed by atoms with Gasteiger partial charge in [0.15, 0.2) is 0 Å². The number of carboxylic acids is 1. The molecule has 0 unspecified atom stereocenters. The van der Waals surface area contributed by atoms with Crippen LogP contribution in [0.1, 0.15) is 35.2 Å². The summed E-state index contributed by atoms with van der Waals surface area (Å²) in [6.07, 6.45) is 4.57. The Balaban J connectivity index is 1.99. The lowest BCUT2D eigenvalue weighted by molar-refractivity contribution is -0.130. The molecule has 1 aliphatic heterocycles. The second-order valence-corrected chi connectivity index (χ2v) is 6.89. The van der Waals surface area contributed by atoms with E-state index in [4.69, 9.17) is 5.11 Å². The summed E-state index contributed by atoms with van der Waals surface area (Å²) >= 11 is 0. The summed E-state index contributed by atoms with van der Waals surface area (Å²) in [5.74, 6) is -1.20. The molecule has 1 aromatic heterocycles. The van der Waals surface area contributed by atoms with Gasteiger partial charge in [0.05, 0.1) is 11.1 Å². The first-order chi connectivity index (χ1) is 13.0. The lowest BCUT2D eigenvalue weighted by Crippen LogP contribution is -2.20. The van der Waals surface area contributed by atoms with E-state index in [-0.39, 0.29) is 11.1 Å². The molecule has 0 radical (unpaired) electrons. The third kappa shape index (κ3) is 4.44. The van der Waals surface area contributed by atoms with Crippen molar-refractivity contribution in [1.82, 2.24) is 9.88 Å². The molecule has 140 valence electrons. The zero-order valence-electron chi connectivity index (χ0n) is 15.5. The molecule has 0 atom stereocenters. The van der Waals surface area contributed by atoms with Crippen molar-refractivity contribution in [1.29, 1.82) is 0 Å². The number of aromatic amines is 1. The first-order valence-corrected chi connectivity index (χ1v) is 9.11. The predicted molar refractivity (Wildman–Crippen MR) is 108 cm³/mol. The maximum absolute atomic E-state index is 12.4. The number of H-pyrrole nitrogens is 1. The molecule has 0 bridgehead atoms. The number of nitrogens with one attached hydrogen (secondary N) is 1. The summed E-state index contributed by atoms with van der Waals surface area (Å²) in [7, 11) is 0. The Kier molecular flexibility index (Phi) is 5.72. The molecule has 1 aliphatic rings. The minimum Gasteiger partial charge on any atom is -0.478 e. The van der Waals surface area contributed by atoms with E-state index in [9.17, 15) is 9.59 Å². The highest BCUT2D eigenvalue weighted by atomic mass is 16.4. The molecule has 27 heavy (non-hydrogen) atoms. The van der Waals surface area contributed by atoms with Crippen LogP contribution >= 0.6 is 0 Å². The standard InChI is InChI=1S/C22H24N2O3/c1-15-5-7-17(8-6-15)19(11-14-24-12-3-4-13-24)20-10-9-18(21(25)23-20)16(2)22(26)27/h5-11H,2-4,12-14H2,1H3,(H,23,25)(H,26,27). The summed E-state index contributed by atoms with van der Waals surface area (Å²) in [6.45, 7) is 8.50. The maximum atomic E-state index is 12.4. The van der Waals surface area contributed by atoms with E-state index in [1.54, 1.807) is 6.07 Å². The van der Waals surface area contributed by atoms with Crippen molar-refractivity contribution in [2.75, 3.05) is 19.6 Å². The van der Waals surface area contributed by atoms with Gasteiger partial charge in [-0.2, -0.15) is 0 Å². The van der Waals surface area contributed by atoms with Crippen LogP contribution in [-0.4, -0.2) is 40.6 Å². The van der Waals surface area contributed by atoms with Gasteiger partial charge in [0.2, 0.25) is 0 Å². The molecule has 1 saturated heterocycles. The fraction of sp³-hybridized carbons (Fsp3) is 0.273. The van der Waals surface area contributed by atoms with Gasteiger partial charge in [-0.25, -0.2) is 4.79 Å². The molecule has 3 rings (SSSR count). The van der Waals surface area contributed by atoms with Gasteiger partial charge in [-0.15, -0.1) is 0 Å². The van der Waals surface area contributed by atoms with Crippen LogP contribution in [-0.2, 0) is 4.79 Å². The number of carbonyl (C=O) groups is 1. The van der Waals surface area contributed by atoms with Crippen molar-refractivity contribution in [2.45, 2.75) is 19.8 Å². The third-order valence-electron chi connectivity index (χ3n) is 4.90. The molecule has 0 amide bonds. The van der Waals surface area contributed by atoms with Gasteiger partial charge in [-0.05, 0) is 50.6 Å². The summed E-state index contributed by atoms with van der Waals surface area (Å²) in [5, 5.41) is 9.08. The normalized spacial score (nSPS) is 15.1. The molecule has 0 aliphatic carbocycles. The van der Waals surface area contributed by atoms with Crippen molar-refractivity contribution < 1.29 is 9.90 Å². The van der Waals surface area contributed by atoms with E-state index in [2.05, 4.69) is 22.5 Å². The molecule has 1 fully saturated rings. The minimum atomic E-state index is -1.20. The number of aromatic nitrogens is 1. The van der Waals surface area contributed by atoms with Crippen molar-refractivity contribution >= 4 is 17.1 Å². The van der Waals surface area contributed by atoms with Crippen LogP contribution in [0.5, 0.6) is 0 Å². The average molecular weight is 364 g/mol. The topological polar surface area (TPSA) is 73.4 Å². The summed E-state index contributed by atoms with van der Waals surface area (Å²) in [4.78, 5) is 28.7. The van der Waals surface area contributed by atoms with Crippen LogP contribution in [0.25, 0.3) is 11.1 Å². The summed E-state index contributed by atoms with van der Waals surface area (Å²) in [5.41, 5.74) is 3.21. The second-order valence-electron chi connectivity index (χ2n) is 6.89. The van der Waals surface area contributed by atoms with E-state index in [1.165, 1.54) is 24.5 Å². The number of hydrogen-bond acceptors (Lipinski definition) is 3. The molecule has 1 aromatic carbocycles. The minimum absolute atomic E-state index is 0.0778. The molecule has 0 saturated carbocycles. The van der Waals surface area contributed by atoms with E-state index in [0.29, 0.717) is 5.69 Å². The summed E-state index contributed by atoms with van der Waals surface area (Å²) < 4.78 is 0. The number of benzene rings is 1. The molecule has 0 spiro atoms. The van der Waals surface area contributed by atoms with Crippen LogP contribution < -0.4 is 5.56 Å². The van der Waals surface area contributed by atoms with Crippen molar-refractivity contribution in [3.05, 3.63) is 81.8 Å². The van der Waals surface area contributed by atoms with Gasteiger partial charge < -0.3 is 10.1 Å². The highest BCUT2D eigenvalue weighted by Gasteiger charge is 2.15. The number of pyridine rings is 1. The number of rotatable bonds is 6. The van der Waals surface area contributed by atoms with Crippen molar-refractivity contribution in [3.8, 4) is 0 Å². The first kappa shape index (κ1) is 18.9. The van der Waals surface area contributed by atoms with E-state index in [1.807, 2.05) is 31.2 Å². The van der Waals surface area contributed by atoms with Gasteiger partial charge in [0, 0.05) is 17.8 Å². The lowest BCUT2D eigenvalue weighted by Gasteiger charge is -2.15. The van der Waals surface area contributed by atoms with E-state index < -0.39 is 11.5 Å². The summed E-state index contributed by atoms with van der Waals surface area (Å²) in [6, 6.07) is 11.4. The van der Waals surface area contributed by atoms with Crippen LogP contribution in [0.4, 0.5) is 0 Å². The molecule has 5 heteroatoms. The zero-order valence-corrected chi connectivity index (χ0v) is 15.5. The fourth-order valence-electron chi connectivity index (χ4n) is 3.29. The third-order valence-corrected chi connectivity index (χ3v) is 4.90. The Bertz CT molecular complexity index is 933. The van der Waals surface area contributed by atoms with Gasteiger partial charge in [0.1, 0.15) is 0 Å². The van der Waals surface area contributed by atoms with Crippen LogP contribution in [0.15, 0.2) is 53.8 Å². The van der Waals surface area contributed by atoms with Crippen LogP contribution in [0, 0.1) is 6.92 Å². The smallest absolute Gasteiger partial charge is 0.335 e. The number of aryl methyl sites for hydroxylation is 1. The van der Waals surface area contributed by atoms with Crippen LogP contribution in [0.3, 0.4) is 0 Å². The fourth-order valence-corrected chi connectivity index (χ4v) is 3.29. The molecular formula is C22H24N2O3. The van der Waals surface area contributed by atoms with Crippen molar-refractivity contribution in [2.24, 2.45) is 0 Å². The molecule has 2 aromatic rings. The van der Waals surface area contributed by atoms with Gasteiger partial charge in [-0.1, -0.05) is 42.5 Å². The van der Waals surface area contributed by atoms with Gasteiger partial charge in [-0.3, -0.25) is 9.69 Å².